The zero-order valence-corrected chi connectivity index (χ0v) is 17.8. The minimum absolute atomic E-state index is 0.00444. The van der Waals surface area contributed by atoms with Crippen molar-refractivity contribution < 1.29 is 27.2 Å². The average molecular weight is 422 g/mol. The Labute approximate surface area is 170 Å². The van der Waals surface area contributed by atoms with Crippen molar-refractivity contribution in [1.82, 2.24) is 4.90 Å². The summed E-state index contributed by atoms with van der Waals surface area (Å²) in [5, 5.41) is 0.844. The van der Waals surface area contributed by atoms with Crippen LogP contribution in [0.1, 0.15) is 37.8 Å². The number of fused-ring (bicyclic) bond motifs is 1. The molecule has 0 bridgehead atoms. The van der Waals surface area contributed by atoms with E-state index in [4.69, 9.17) is 9.15 Å². The molecule has 2 heterocycles. The highest BCUT2D eigenvalue weighted by Gasteiger charge is 2.36. The summed E-state index contributed by atoms with van der Waals surface area (Å²) >= 11 is 0. The van der Waals surface area contributed by atoms with E-state index < -0.39 is 22.4 Å². The molecule has 29 heavy (non-hydrogen) atoms. The Kier molecular flexibility index (Phi) is 6.31. The van der Waals surface area contributed by atoms with Gasteiger partial charge < -0.3 is 14.1 Å². The smallest absolute Gasteiger partial charge is 0.310 e. The number of carbonyl (C=O) groups is 2. The molecule has 0 radical (unpaired) electrons. The molecule has 158 valence electrons. The van der Waals surface area contributed by atoms with Gasteiger partial charge in [0.1, 0.15) is 5.58 Å². The van der Waals surface area contributed by atoms with Crippen LogP contribution in [0.2, 0.25) is 0 Å². The van der Waals surface area contributed by atoms with Crippen LogP contribution in [0.15, 0.2) is 28.9 Å². The van der Waals surface area contributed by atoms with Crippen molar-refractivity contribution in [2.75, 3.05) is 18.1 Å². The molecule has 8 heteroatoms. The number of sulfone groups is 1. The van der Waals surface area contributed by atoms with E-state index >= 15 is 0 Å². The number of ether oxygens (including phenoxy) is 1. The topological polar surface area (TPSA) is 93.9 Å². The third-order valence-electron chi connectivity index (χ3n) is 5.46. The number of carbonyl (C=O) groups excluding carboxylic acids is 2. The van der Waals surface area contributed by atoms with E-state index in [1.54, 1.807) is 4.90 Å². The minimum Gasteiger partial charge on any atom is -0.464 e. The fourth-order valence-corrected chi connectivity index (χ4v) is 5.46. The second-order valence-electron chi connectivity index (χ2n) is 7.71. The van der Waals surface area contributed by atoms with Crippen LogP contribution in [0.5, 0.6) is 0 Å². The maximum Gasteiger partial charge on any atom is 0.310 e. The van der Waals surface area contributed by atoms with Gasteiger partial charge in [-0.15, -0.1) is 0 Å². The normalized spacial score (nSPS) is 19.2. The Morgan fingerprint density at radius 2 is 2.10 bits per heavy atom. The number of furan rings is 1. The lowest BCUT2D eigenvalue weighted by Crippen LogP contribution is -2.48. The first-order chi connectivity index (χ1) is 13.7. The molecule has 3 rings (SSSR count). The van der Waals surface area contributed by atoms with Gasteiger partial charge in [-0.3, -0.25) is 9.59 Å². The Morgan fingerprint density at radius 1 is 1.34 bits per heavy atom. The maximum absolute atomic E-state index is 12.7. The quantitative estimate of drug-likeness (QED) is 0.638. The summed E-state index contributed by atoms with van der Waals surface area (Å²) in [5.74, 6) is -0.824. The molecule has 0 N–H and O–H groups in total. The number of esters is 1. The van der Waals surface area contributed by atoms with E-state index in [0.717, 1.165) is 10.9 Å². The van der Waals surface area contributed by atoms with E-state index in [1.165, 1.54) is 6.26 Å². The number of nitrogens with zero attached hydrogens (tertiary/aromatic N) is 1. The van der Waals surface area contributed by atoms with Crippen LogP contribution in [0.3, 0.4) is 0 Å². The average Bonchev–Trinajstić information content (AvgIpc) is 3.22. The van der Waals surface area contributed by atoms with Crippen LogP contribution in [0.4, 0.5) is 0 Å². The number of aryl methyl sites for hydroxylation is 1. The van der Waals surface area contributed by atoms with Crippen LogP contribution in [0.25, 0.3) is 11.0 Å². The minimum atomic E-state index is -3.12. The molecule has 0 unspecified atom stereocenters. The Hall–Kier alpha value is -2.35. The molecule has 1 aromatic carbocycles. The lowest BCUT2D eigenvalue weighted by Gasteiger charge is -2.33. The molecule has 0 aliphatic carbocycles. The van der Waals surface area contributed by atoms with E-state index in [-0.39, 0.29) is 35.9 Å². The van der Waals surface area contributed by atoms with Gasteiger partial charge in [0.25, 0.3) is 5.91 Å². The Morgan fingerprint density at radius 3 is 2.76 bits per heavy atom. The van der Waals surface area contributed by atoms with Gasteiger partial charge >= 0.3 is 5.97 Å². The van der Waals surface area contributed by atoms with Crippen LogP contribution in [-0.4, -0.2) is 55.4 Å². The summed E-state index contributed by atoms with van der Waals surface area (Å²) in [7, 11) is -3.12. The highest BCUT2D eigenvalue weighted by molar-refractivity contribution is 7.91. The summed E-state index contributed by atoms with van der Waals surface area (Å²) in [5.41, 5.74) is 2.47. The highest BCUT2D eigenvalue weighted by atomic mass is 32.2. The Balaban J connectivity index is 1.62. The van der Waals surface area contributed by atoms with E-state index in [1.807, 2.05) is 39.0 Å². The summed E-state index contributed by atoms with van der Waals surface area (Å²) < 4.78 is 34.3. The first-order valence-electron chi connectivity index (χ1n) is 9.84. The predicted molar refractivity (Wildman–Crippen MR) is 109 cm³/mol. The van der Waals surface area contributed by atoms with Crippen molar-refractivity contribution in [3.8, 4) is 0 Å². The lowest BCUT2D eigenvalue weighted by atomic mass is 10.1. The number of benzene rings is 1. The molecule has 2 atom stereocenters. The van der Waals surface area contributed by atoms with Crippen LogP contribution in [0, 0.1) is 6.92 Å². The van der Waals surface area contributed by atoms with E-state index in [2.05, 4.69) is 0 Å². The van der Waals surface area contributed by atoms with Crippen molar-refractivity contribution in [1.29, 1.82) is 0 Å². The highest BCUT2D eigenvalue weighted by Crippen LogP contribution is 2.24. The molecular formula is C21H27NO6S. The van der Waals surface area contributed by atoms with E-state index in [0.29, 0.717) is 24.0 Å². The molecule has 0 saturated carbocycles. The number of hydrogen-bond acceptors (Lipinski definition) is 6. The molecule has 1 aliphatic heterocycles. The predicted octanol–water partition coefficient (Wildman–Crippen LogP) is 2.64. The van der Waals surface area contributed by atoms with Gasteiger partial charge in [-0.05, 0) is 38.3 Å². The number of hydrogen-bond donors (Lipinski definition) is 0. The van der Waals surface area contributed by atoms with Crippen molar-refractivity contribution in [3.63, 3.8) is 0 Å². The largest absolute Gasteiger partial charge is 0.464 e. The SMILES string of the molecule is CC[C@H](C)N(C(=O)COC(=O)Cc1coc2cc(C)ccc12)[C@@H]1CCS(=O)(=O)C1. The molecule has 1 fully saturated rings. The van der Waals surface area contributed by atoms with Gasteiger partial charge in [0.05, 0.1) is 24.2 Å². The molecule has 1 saturated heterocycles. The molecule has 2 aromatic rings. The van der Waals surface area contributed by atoms with Crippen LogP contribution < -0.4 is 0 Å². The second-order valence-corrected chi connectivity index (χ2v) is 9.94. The number of rotatable bonds is 7. The standard InChI is InChI=1S/C21H27NO6S/c1-4-15(3)22(17-7-8-29(25,26)13-17)20(23)12-28-21(24)10-16-11-27-19-9-14(2)5-6-18(16)19/h5-6,9,11,15,17H,4,7-8,10,12-13H2,1-3H3/t15-,17+/m0/s1. The molecule has 1 aliphatic rings. The van der Waals surface area contributed by atoms with Gasteiger partial charge in [0.2, 0.25) is 0 Å². The second kappa shape index (κ2) is 8.57. The Bertz CT molecular complexity index is 1010. The van der Waals surface area contributed by atoms with Crippen LogP contribution >= 0.6 is 0 Å². The fourth-order valence-electron chi connectivity index (χ4n) is 3.75. The van der Waals surface area contributed by atoms with Gasteiger partial charge in [-0.25, -0.2) is 8.42 Å². The fraction of sp³-hybridized carbons (Fsp3) is 0.524. The first kappa shape index (κ1) is 21.4. The lowest BCUT2D eigenvalue weighted by molar-refractivity contribution is -0.153. The number of amides is 1. The van der Waals surface area contributed by atoms with Crippen molar-refractivity contribution in [2.24, 2.45) is 0 Å². The summed E-state index contributed by atoms with van der Waals surface area (Å²) in [6.07, 6.45) is 2.65. The van der Waals surface area contributed by atoms with Crippen molar-refractivity contribution in [2.45, 2.75) is 52.1 Å². The molecule has 0 spiro atoms. The van der Waals surface area contributed by atoms with Gasteiger partial charge in [-0.1, -0.05) is 19.1 Å². The van der Waals surface area contributed by atoms with E-state index in [9.17, 15) is 18.0 Å². The van der Waals surface area contributed by atoms with Gasteiger partial charge in [0, 0.05) is 23.0 Å². The zero-order valence-electron chi connectivity index (χ0n) is 17.0. The maximum atomic E-state index is 12.7. The monoisotopic (exact) mass is 421 g/mol. The molecule has 7 nitrogen and oxygen atoms in total. The molecule has 1 aromatic heterocycles. The first-order valence-corrected chi connectivity index (χ1v) is 11.7. The third kappa shape index (κ3) is 4.98. The summed E-state index contributed by atoms with van der Waals surface area (Å²) in [6.45, 7) is 5.38. The third-order valence-corrected chi connectivity index (χ3v) is 7.21. The van der Waals surface area contributed by atoms with Gasteiger partial charge in [-0.2, -0.15) is 0 Å². The molecule has 1 amide bonds. The molecular weight excluding hydrogens is 394 g/mol. The summed E-state index contributed by atoms with van der Waals surface area (Å²) in [6, 6.07) is 5.25. The van der Waals surface area contributed by atoms with Crippen LogP contribution in [-0.2, 0) is 30.6 Å². The van der Waals surface area contributed by atoms with Crippen molar-refractivity contribution in [3.05, 3.63) is 35.6 Å². The zero-order chi connectivity index (χ0) is 21.2. The van der Waals surface area contributed by atoms with Gasteiger partial charge in [0.15, 0.2) is 16.4 Å². The summed E-state index contributed by atoms with van der Waals surface area (Å²) in [4.78, 5) is 26.6. The van der Waals surface area contributed by atoms with Crippen molar-refractivity contribution >= 4 is 32.7 Å².